The van der Waals surface area contributed by atoms with Gasteiger partial charge in [-0.3, -0.25) is 9.47 Å². The largest absolute Gasteiger partial charge is 0.493 e. The summed E-state index contributed by atoms with van der Waals surface area (Å²) in [6.07, 6.45) is 0. The maximum Gasteiger partial charge on any atom is 0.221 e. The van der Waals surface area contributed by atoms with E-state index in [9.17, 15) is 5.11 Å². The van der Waals surface area contributed by atoms with Crippen molar-refractivity contribution in [2.45, 2.75) is 20.5 Å². The van der Waals surface area contributed by atoms with Crippen LogP contribution in [0.4, 0.5) is 5.69 Å². The van der Waals surface area contributed by atoms with E-state index in [0.717, 1.165) is 48.2 Å². The van der Waals surface area contributed by atoms with Crippen LogP contribution in [0.1, 0.15) is 11.1 Å². The van der Waals surface area contributed by atoms with E-state index in [1.165, 1.54) is 0 Å². The maximum atomic E-state index is 10.8. The van der Waals surface area contributed by atoms with Crippen molar-refractivity contribution in [2.24, 2.45) is 16.0 Å². The predicted molar refractivity (Wildman–Crippen MR) is 103 cm³/mol. The molecule has 25 heavy (non-hydrogen) atoms. The number of aromatic hydroxyl groups is 1. The zero-order valence-electron chi connectivity index (χ0n) is 14.9. The zero-order valence-corrected chi connectivity index (χ0v) is 15.7. The van der Waals surface area contributed by atoms with E-state index in [4.69, 9.17) is 18.0 Å². The Morgan fingerprint density at radius 2 is 1.92 bits per heavy atom. The normalized spacial score (nSPS) is 16.9. The van der Waals surface area contributed by atoms with Crippen molar-refractivity contribution in [1.82, 2.24) is 14.4 Å². The van der Waals surface area contributed by atoms with Crippen molar-refractivity contribution < 1.29 is 5.11 Å². The molecule has 3 rings (SSSR count). The van der Waals surface area contributed by atoms with E-state index in [1.807, 2.05) is 24.5 Å². The van der Waals surface area contributed by atoms with Gasteiger partial charge in [0.25, 0.3) is 0 Å². The van der Waals surface area contributed by atoms with Crippen LogP contribution in [0.2, 0.25) is 0 Å². The van der Waals surface area contributed by atoms with Crippen LogP contribution in [-0.2, 0) is 6.67 Å². The number of thiocarbonyl (C=S) groups is 1. The van der Waals surface area contributed by atoms with Gasteiger partial charge in [0.1, 0.15) is 0 Å². The van der Waals surface area contributed by atoms with Gasteiger partial charge in [-0.15, -0.1) is 10.2 Å². The zero-order chi connectivity index (χ0) is 18.1. The number of nitrogens with two attached hydrogens (primary N) is 1. The second-order valence-corrected chi connectivity index (χ2v) is 7.02. The molecule has 0 unspecified atom stereocenters. The molecule has 0 aliphatic carbocycles. The van der Waals surface area contributed by atoms with Crippen molar-refractivity contribution in [1.29, 1.82) is 0 Å². The van der Waals surface area contributed by atoms with E-state index in [2.05, 4.69) is 33.1 Å². The van der Waals surface area contributed by atoms with Crippen molar-refractivity contribution >= 4 is 33.9 Å². The summed E-state index contributed by atoms with van der Waals surface area (Å²) in [6.45, 7) is 8.64. The maximum absolute atomic E-state index is 10.8. The van der Waals surface area contributed by atoms with Crippen LogP contribution in [0.3, 0.4) is 0 Å². The Kier molecular flexibility index (Phi) is 5.03. The highest BCUT2D eigenvalue weighted by Gasteiger charge is 2.22. The first kappa shape index (κ1) is 17.8. The molecule has 1 aromatic carbocycles. The molecule has 134 valence electrons. The van der Waals surface area contributed by atoms with Crippen LogP contribution in [0, 0.1) is 13.8 Å². The fraction of sp³-hybridized carbons (Fsp3) is 0.471. The number of fused-ring (bicyclic) bond motifs is 1. The summed E-state index contributed by atoms with van der Waals surface area (Å²) in [4.78, 5) is 4.63. The van der Waals surface area contributed by atoms with Crippen LogP contribution in [0.15, 0.2) is 22.4 Å². The van der Waals surface area contributed by atoms with E-state index in [0.29, 0.717) is 12.4 Å². The van der Waals surface area contributed by atoms with Gasteiger partial charge < -0.3 is 15.7 Å². The third-order valence-electron chi connectivity index (χ3n) is 4.89. The van der Waals surface area contributed by atoms with Gasteiger partial charge in [0.05, 0.1) is 12.2 Å². The first-order valence-corrected chi connectivity index (χ1v) is 8.72. The quantitative estimate of drug-likeness (QED) is 0.649. The lowest BCUT2D eigenvalue weighted by Crippen LogP contribution is -2.44. The highest BCUT2D eigenvalue weighted by atomic mass is 32.1. The fourth-order valence-electron chi connectivity index (χ4n) is 3.21. The summed E-state index contributed by atoms with van der Waals surface area (Å²) in [5.74, 6) is 0.0997. The molecule has 0 atom stereocenters. The first-order chi connectivity index (χ1) is 11.9. The summed E-state index contributed by atoms with van der Waals surface area (Å²) in [5.41, 5.74) is 9.02. The first-order valence-electron chi connectivity index (χ1n) is 8.32. The van der Waals surface area contributed by atoms with Crippen molar-refractivity contribution in [3.63, 3.8) is 0 Å². The molecule has 0 amide bonds. The number of aryl methyl sites for hydroxylation is 2. The van der Waals surface area contributed by atoms with Gasteiger partial charge in [0.15, 0.2) is 5.69 Å². The van der Waals surface area contributed by atoms with Gasteiger partial charge in [-0.05, 0) is 50.3 Å². The van der Waals surface area contributed by atoms with Crippen LogP contribution in [-0.4, -0.2) is 57.8 Å². The third kappa shape index (κ3) is 3.51. The van der Waals surface area contributed by atoms with Gasteiger partial charge in [-0.25, -0.2) is 0 Å². The Hall–Kier alpha value is -2.03. The van der Waals surface area contributed by atoms with Crippen molar-refractivity contribution in [3.8, 4) is 5.88 Å². The van der Waals surface area contributed by atoms with Crippen LogP contribution >= 0.6 is 12.2 Å². The molecule has 7 nitrogen and oxygen atoms in total. The minimum absolute atomic E-state index is 0.0512. The Morgan fingerprint density at radius 3 is 2.56 bits per heavy atom. The molecular weight excluding hydrogens is 336 g/mol. The lowest BCUT2D eigenvalue weighted by Gasteiger charge is -2.32. The molecule has 1 aliphatic heterocycles. The number of azo groups is 1. The molecule has 1 saturated heterocycles. The number of hydrogen-bond acceptors (Lipinski definition) is 5. The standard InChI is InChI=1S/C17H24N6OS/c1-11-4-5-13-14(12(11)2)15(19-20-17(18)25)16(24)23(13)10-22-8-6-21(3)7-9-22/h4-5,24H,6-10H2,1-3H3,(H2,18,25). The molecule has 3 N–H and O–H groups in total. The summed E-state index contributed by atoms with van der Waals surface area (Å²) >= 11 is 4.78. The Morgan fingerprint density at radius 1 is 1.24 bits per heavy atom. The molecule has 0 radical (unpaired) electrons. The number of likely N-dealkylation sites (N-methyl/N-ethyl adjacent to an activating group) is 1. The Labute approximate surface area is 152 Å². The summed E-state index contributed by atoms with van der Waals surface area (Å²) in [5, 5.41) is 19.6. The molecule has 0 bridgehead atoms. The van der Waals surface area contributed by atoms with Gasteiger partial charge in [0, 0.05) is 31.6 Å². The van der Waals surface area contributed by atoms with Gasteiger partial charge in [0.2, 0.25) is 11.0 Å². The SMILES string of the molecule is Cc1ccc2c(c1C)c(N=NC(N)=S)c(O)n2CN1CCN(C)CC1. The van der Waals surface area contributed by atoms with Gasteiger partial charge >= 0.3 is 0 Å². The molecule has 2 aromatic rings. The molecule has 2 heterocycles. The Balaban J connectivity index is 2.07. The van der Waals surface area contributed by atoms with Gasteiger partial charge in [-0.2, -0.15) is 0 Å². The lowest BCUT2D eigenvalue weighted by atomic mass is 10.1. The highest BCUT2D eigenvalue weighted by molar-refractivity contribution is 7.80. The minimum atomic E-state index is -0.0512. The monoisotopic (exact) mass is 360 g/mol. The summed E-state index contributed by atoms with van der Waals surface area (Å²) < 4.78 is 1.89. The second-order valence-electron chi connectivity index (χ2n) is 6.60. The average molecular weight is 360 g/mol. The number of piperazine rings is 1. The third-order valence-corrected chi connectivity index (χ3v) is 4.98. The molecule has 8 heteroatoms. The molecule has 1 aromatic heterocycles. The summed E-state index contributed by atoms with van der Waals surface area (Å²) in [6, 6.07) is 4.08. The predicted octanol–water partition coefficient (Wildman–Crippen LogP) is 2.50. The van der Waals surface area contributed by atoms with Crippen LogP contribution in [0.25, 0.3) is 10.9 Å². The molecule has 0 saturated carbocycles. The van der Waals surface area contributed by atoms with Crippen molar-refractivity contribution in [3.05, 3.63) is 23.3 Å². The number of hydrogen-bond donors (Lipinski definition) is 2. The lowest BCUT2D eigenvalue weighted by molar-refractivity contribution is 0.123. The number of rotatable bonds is 3. The highest BCUT2D eigenvalue weighted by Crippen LogP contribution is 2.41. The van der Waals surface area contributed by atoms with E-state index >= 15 is 0 Å². The molecular formula is C17H24N6OS. The van der Waals surface area contributed by atoms with E-state index in [1.54, 1.807) is 0 Å². The molecule has 1 aliphatic rings. The second kappa shape index (κ2) is 7.07. The van der Waals surface area contributed by atoms with Crippen molar-refractivity contribution in [2.75, 3.05) is 33.2 Å². The average Bonchev–Trinajstić information content (AvgIpc) is 2.84. The van der Waals surface area contributed by atoms with Crippen LogP contribution in [0.5, 0.6) is 5.88 Å². The van der Waals surface area contributed by atoms with E-state index < -0.39 is 0 Å². The molecule has 0 spiro atoms. The smallest absolute Gasteiger partial charge is 0.221 e. The van der Waals surface area contributed by atoms with Crippen LogP contribution < -0.4 is 5.73 Å². The van der Waals surface area contributed by atoms with E-state index in [-0.39, 0.29) is 11.0 Å². The number of aromatic nitrogens is 1. The summed E-state index contributed by atoms with van der Waals surface area (Å²) in [7, 11) is 2.13. The Bertz CT molecular complexity index is 836. The number of benzene rings is 1. The topological polar surface area (TPSA) is 82.4 Å². The molecule has 1 fully saturated rings. The number of nitrogens with zero attached hydrogens (tertiary/aromatic N) is 5. The minimum Gasteiger partial charge on any atom is -0.493 e. The fourth-order valence-corrected chi connectivity index (χ4v) is 3.25. The van der Waals surface area contributed by atoms with Gasteiger partial charge in [-0.1, -0.05) is 6.07 Å².